The Morgan fingerprint density at radius 1 is 0.966 bits per heavy atom. The fourth-order valence-electron chi connectivity index (χ4n) is 3.27. The van der Waals surface area contributed by atoms with Gasteiger partial charge in [-0.05, 0) is 56.2 Å². The molecule has 0 radical (unpaired) electrons. The third kappa shape index (κ3) is 5.21. The summed E-state index contributed by atoms with van der Waals surface area (Å²) in [6.45, 7) is 2.56. The van der Waals surface area contributed by atoms with Crippen molar-refractivity contribution in [3.63, 3.8) is 0 Å². The Morgan fingerprint density at radius 3 is 2.28 bits per heavy atom. The van der Waals surface area contributed by atoms with E-state index in [0.29, 0.717) is 30.0 Å². The lowest BCUT2D eigenvalue weighted by molar-refractivity contribution is -0.114. The smallest absolute Gasteiger partial charge is 0.243 e. The Morgan fingerprint density at radius 2 is 1.62 bits per heavy atom. The van der Waals surface area contributed by atoms with Crippen molar-refractivity contribution in [3.05, 3.63) is 54.1 Å². The maximum Gasteiger partial charge on any atom is 0.243 e. The number of anilines is 2. The average molecular weight is 416 g/mol. The molecule has 7 nitrogen and oxygen atoms in total. The highest BCUT2D eigenvalue weighted by atomic mass is 32.2. The molecule has 8 heteroatoms. The molecule has 154 valence electrons. The minimum absolute atomic E-state index is 0.00946. The molecule has 2 aromatic carbocycles. The monoisotopic (exact) mass is 415 g/mol. The van der Waals surface area contributed by atoms with E-state index in [9.17, 15) is 18.0 Å². The van der Waals surface area contributed by atoms with Crippen LogP contribution in [0.1, 0.15) is 36.5 Å². The Labute approximate surface area is 171 Å². The number of ketones is 1. The van der Waals surface area contributed by atoms with E-state index in [0.717, 1.165) is 19.3 Å². The molecule has 0 aliphatic carbocycles. The van der Waals surface area contributed by atoms with E-state index in [-0.39, 0.29) is 23.1 Å². The molecule has 3 rings (SSSR count). The highest BCUT2D eigenvalue weighted by Gasteiger charge is 2.25. The standard InChI is InChI=1S/C21H25N3O4S/c1-16(25)19-7-3-4-8-20(19)23-21(26)15-22-17-9-11-18(12-10-17)29(27,28)24-13-5-2-6-14-24/h3-4,7-12,22H,2,5-6,13-15H2,1H3,(H,23,26). The van der Waals surface area contributed by atoms with Crippen LogP contribution >= 0.6 is 0 Å². The lowest BCUT2D eigenvalue weighted by Crippen LogP contribution is -2.35. The van der Waals surface area contributed by atoms with Crippen LogP contribution in [-0.4, -0.2) is 44.0 Å². The lowest BCUT2D eigenvalue weighted by Gasteiger charge is -2.25. The summed E-state index contributed by atoms with van der Waals surface area (Å²) in [5.74, 6) is -0.428. The highest BCUT2D eigenvalue weighted by Crippen LogP contribution is 2.22. The van der Waals surface area contributed by atoms with Crippen molar-refractivity contribution in [1.82, 2.24) is 4.31 Å². The van der Waals surface area contributed by atoms with Gasteiger partial charge in [0.05, 0.1) is 17.1 Å². The van der Waals surface area contributed by atoms with Gasteiger partial charge in [0, 0.05) is 24.3 Å². The van der Waals surface area contributed by atoms with Gasteiger partial charge in [0.2, 0.25) is 15.9 Å². The lowest BCUT2D eigenvalue weighted by atomic mass is 10.1. The maximum absolute atomic E-state index is 12.7. The topological polar surface area (TPSA) is 95.6 Å². The van der Waals surface area contributed by atoms with E-state index < -0.39 is 10.0 Å². The highest BCUT2D eigenvalue weighted by molar-refractivity contribution is 7.89. The second-order valence-corrected chi connectivity index (χ2v) is 8.93. The SMILES string of the molecule is CC(=O)c1ccccc1NC(=O)CNc1ccc(S(=O)(=O)N2CCCCC2)cc1. The molecule has 29 heavy (non-hydrogen) atoms. The van der Waals surface area contributed by atoms with Crippen molar-refractivity contribution < 1.29 is 18.0 Å². The van der Waals surface area contributed by atoms with Crippen LogP contribution < -0.4 is 10.6 Å². The van der Waals surface area contributed by atoms with Crippen LogP contribution in [0.15, 0.2) is 53.4 Å². The van der Waals surface area contributed by atoms with Crippen molar-refractivity contribution >= 4 is 33.1 Å². The molecule has 2 N–H and O–H groups in total. The number of carbonyl (C=O) groups is 2. The largest absolute Gasteiger partial charge is 0.376 e. The molecule has 0 saturated carbocycles. The normalized spacial score (nSPS) is 14.9. The van der Waals surface area contributed by atoms with E-state index in [4.69, 9.17) is 0 Å². The van der Waals surface area contributed by atoms with Crippen molar-refractivity contribution in [2.75, 3.05) is 30.3 Å². The quantitative estimate of drug-likeness (QED) is 0.678. The van der Waals surface area contributed by atoms with Crippen LogP contribution in [-0.2, 0) is 14.8 Å². The third-order valence-corrected chi connectivity index (χ3v) is 6.75. The Hall–Kier alpha value is -2.71. The van der Waals surface area contributed by atoms with Gasteiger partial charge in [-0.3, -0.25) is 9.59 Å². The molecule has 1 amide bonds. The van der Waals surface area contributed by atoms with E-state index >= 15 is 0 Å². The maximum atomic E-state index is 12.7. The van der Waals surface area contributed by atoms with Gasteiger partial charge in [-0.2, -0.15) is 4.31 Å². The van der Waals surface area contributed by atoms with Crippen LogP contribution in [0.3, 0.4) is 0 Å². The Bertz CT molecular complexity index is 981. The van der Waals surface area contributed by atoms with E-state index in [2.05, 4.69) is 10.6 Å². The zero-order chi connectivity index (χ0) is 20.9. The van der Waals surface area contributed by atoms with Crippen LogP contribution in [0.5, 0.6) is 0 Å². The number of sulfonamides is 1. The molecule has 0 unspecified atom stereocenters. The van der Waals surface area contributed by atoms with Gasteiger partial charge in [0.25, 0.3) is 0 Å². The van der Waals surface area contributed by atoms with Crippen LogP contribution in [0.4, 0.5) is 11.4 Å². The first-order valence-electron chi connectivity index (χ1n) is 9.62. The molecule has 1 heterocycles. The first-order valence-corrected chi connectivity index (χ1v) is 11.1. The van der Waals surface area contributed by atoms with Crippen LogP contribution in [0.25, 0.3) is 0 Å². The zero-order valence-corrected chi connectivity index (χ0v) is 17.2. The van der Waals surface area contributed by atoms with Gasteiger partial charge in [-0.25, -0.2) is 8.42 Å². The Kier molecular flexibility index (Phi) is 6.66. The van der Waals surface area contributed by atoms with Gasteiger partial charge in [-0.1, -0.05) is 18.6 Å². The van der Waals surface area contributed by atoms with Crippen molar-refractivity contribution in [1.29, 1.82) is 0 Å². The third-order valence-electron chi connectivity index (χ3n) is 4.84. The molecular weight excluding hydrogens is 390 g/mol. The summed E-state index contributed by atoms with van der Waals surface area (Å²) in [6.07, 6.45) is 2.84. The number of hydrogen-bond donors (Lipinski definition) is 2. The number of benzene rings is 2. The van der Waals surface area contributed by atoms with E-state index in [1.807, 2.05) is 0 Å². The molecule has 2 aromatic rings. The first kappa shape index (κ1) is 21.0. The first-order chi connectivity index (χ1) is 13.9. The summed E-state index contributed by atoms with van der Waals surface area (Å²) >= 11 is 0. The molecular formula is C21H25N3O4S. The molecule has 0 bridgehead atoms. The minimum Gasteiger partial charge on any atom is -0.376 e. The molecule has 1 aliphatic heterocycles. The second-order valence-electron chi connectivity index (χ2n) is 6.99. The van der Waals surface area contributed by atoms with Gasteiger partial charge in [0.15, 0.2) is 5.78 Å². The number of hydrogen-bond acceptors (Lipinski definition) is 5. The van der Waals surface area contributed by atoms with Crippen LogP contribution in [0.2, 0.25) is 0 Å². The molecule has 1 saturated heterocycles. The van der Waals surface area contributed by atoms with Crippen molar-refractivity contribution in [3.8, 4) is 0 Å². The summed E-state index contributed by atoms with van der Waals surface area (Å²) in [4.78, 5) is 24.1. The number of nitrogens with one attached hydrogen (secondary N) is 2. The minimum atomic E-state index is -3.47. The van der Waals surface area contributed by atoms with Gasteiger partial charge < -0.3 is 10.6 Å². The van der Waals surface area contributed by atoms with Crippen molar-refractivity contribution in [2.45, 2.75) is 31.1 Å². The fraction of sp³-hybridized carbons (Fsp3) is 0.333. The second kappa shape index (κ2) is 9.19. The summed E-state index contributed by atoms with van der Waals surface area (Å²) in [6, 6.07) is 13.2. The number of piperidine rings is 1. The number of Topliss-reactive ketones (excluding diaryl/α,β-unsaturated/α-hetero) is 1. The Balaban J connectivity index is 1.59. The summed E-state index contributed by atoms with van der Waals surface area (Å²) in [5, 5.41) is 5.68. The van der Waals surface area contributed by atoms with E-state index in [1.165, 1.54) is 11.2 Å². The molecule has 0 aromatic heterocycles. The average Bonchev–Trinajstić information content (AvgIpc) is 2.73. The van der Waals surface area contributed by atoms with Gasteiger partial charge in [0.1, 0.15) is 0 Å². The van der Waals surface area contributed by atoms with E-state index in [1.54, 1.807) is 48.5 Å². The number of amides is 1. The summed E-state index contributed by atoms with van der Waals surface area (Å²) in [5.41, 5.74) is 1.56. The predicted molar refractivity (Wildman–Crippen MR) is 113 cm³/mol. The molecule has 0 atom stereocenters. The number of para-hydroxylation sites is 1. The predicted octanol–water partition coefficient (Wildman–Crippen LogP) is 3.11. The summed E-state index contributed by atoms with van der Waals surface area (Å²) < 4.78 is 26.9. The van der Waals surface area contributed by atoms with Gasteiger partial charge in [-0.15, -0.1) is 0 Å². The fourth-order valence-corrected chi connectivity index (χ4v) is 4.79. The van der Waals surface area contributed by atoms with Gasteiger partial charge >= 0.3 is 0 Å². The van der Waals surface area contributed by atoms with Crippen LogP contribution in [0, 0.1) is 0 Å². The number of nitrogens with zero attached hydrogens (tertiary/aromatic N) is 1. The number of rotatable bonds is 7. The van der Waals surface area contributed by atoms with Crippen molar-refractivity contribution in [2.24, 2.45) is 0 Å². The molecule has 0 spiro atoms. The number of carbonyl (C=O) groups excluding carboxylic acids is 2. The molecule has 1 aliphatic rings. The summed E-state index contributed by atoms with van der Waals surface area (Å²) in [7, 11) is -3.47. The zero-order valence-electron chi connectivity index (χ0n) is 16.3. The molecule has 1 fully saturated rings.